The van der Waals surface area contributed by atoms with Gasteiger partial charge in [-0.15, -0.1) is 0 Å². The van der Waals surface area contributed by atoms with Gasteiger partial charge in [0.25, 0.3) is 17.2 Å². The van der Waals surface area contributed by atoms with Crippen LogP contribution in [-0.4, -0.2) is 26.7 Å². The molecule has 0 spiro atoms. The van der Waals surface area contributed by atoms with Gasteiger partial charge in [-0.3, -0.25) is 0 Å². The Morgan fingerprint density at radius 1 is 1.31 bits per heavy atom. The summed E-state index contributed by atoms with van der Waals surface area (Å²) < 4.78 is 2.91. The van der Waals surface area contributed by atoms with E-state index in [1.165, 1.54) is 9.13 Å². The lowest BCUT2D eigenvalue weighted by Crippen LogP contribution is -2.37. The molecule has 0 saturated carbocycles. The first-order valence-corrected chi connectivity index (χ1v) is 4.97. The van der Waals surface area contributed by atoms with E-state index >= 15 is 0 Å². The van der Waals surface area contributed by atoms with Crippen LogP contribution >= 0.6 is 0 Å². The third-order valence-corrected chi connectivity index (χ3v) is 2.56. The Labute approximate surface area is 92.7 Å². The summed E-state index contributed by atoms with van der Waals surface area (Å²) in [5.74, 6) is -1.82. The topological polar surface area (TPSA) is 83.4 Å². The third-order valence-electron chi connectivity index (χ3n) is 2.56. The van der Waals surface area contributed by atoms with Crippen molar-refractivity contribution in [2.45, 2.75) is 26.8 Å². The Hall–Kier alpha value is -1.85. The van der Waals surface area contributed by atoms with E-state index in [0.717, 1.165) is 6.42 Å². The van der Waals surface area contributed by atoms with Crippen molar-refractivity contribution in [3.05, 3.63) is 17.2 Å². The minimum atomic E-state index is -1.22. The third kappa shape index (κ3) is 1.78. The quantitative estimate of drug-likeness (QED) is 0.730. The van der Waals surface area contributed by atoms with E-state index < -0.39 is 11.9 Å². The van der Waals surface area contributed by atoms with Crippen molar-refractivity contribution in [3.63, 3.8) is 0 Å². The molecule has 0 saturated heterocycles. The number of nitrogens with zero attached hydrogens (tertiary/aromatic N) is 2. The molecule has 6 heteroatoms. The molecule has 0 aliphatic carbocycles. The Kier molecular flexibility index (Phi) is 3.31. The largest absolute Gasteiger partial charge is 0.475 e. The van der Waals surface area contributed by atoms with Crippen LogP contribution in [0.4, 0.5) is 0 Å². The van der Waals surface area contributed by atoms with Gasteiger partial charge in [-0.25, -0.2) is 18.7 Å². The fraction of sp³-hybridized carbons (Fsp3) is 0.500. The van der Waals surface area contributed by atoms with Gasteiger partial charge in [0.2, 0.25) is 0 Å². The molecule has 6 nitrogen and oxygen atoms in total. The van der Waals surface area contributed by atoms with E-state index in [2.05, 4.69) is 0 Å². The highest BCUT2D eigenvalue weighted by Crippen LogP contribution is 2.10. The van der Waals surface area contributed by atoms with E-state index in [4.69, 9.17) is 10.2 Å². The normalized spacial score (nSPS) is 10.4. The van der Waals surface area contributed by atoms with Crippen molar-refractivity contribution < 1.29 is 24.4 Å². The Bertz CT molecular complexity index is 448. The van der Waals surface area contributed by atoms with Crippen LogP contribution in [0.15, 0.2) is 0 Å². The van der Waals surface area contributed by atoms with Gasteiger partial charge >= 0.3 is 11.9 Å². The van der Waals surface area contributed by atoms with Crippen LogP contribution in [0.1, 0.15) is 40.1 Å². The predicted octanol–water partition coefficient (Wildman–Crippen LogP) is 0.427. The number of aromatic carboxylic acids is 2. The monoisotopic (exact) mass is 227 g/mol. The number of imidazole rings is 1. The lowest BCUT2D eigenvalue weighted by Gasteiger charge is -1.97. The molecular weight excluding hydrogens is 212 g/mol. The van der Waals surface area contributed by atoms with E-state index in [1.807, 2.05) is 6.92 Å². The molecule has 1 aromatic rings. The molecule has 1 aromatic heterocycles. The number of aromatic nitrogens is 2. The van der Waals surface area contributed by atoms with Gasteiger partial charge in [0.15, 0.2) is 0 Å². The second-order valence-electron chi connectivity index (χ2n) is 3.57. The van der Waals surface area contributed by atoms with Crippen LogP contribution in [0.25, 0.3) is 0 Å². The second kappa shape index (κ2) is 4.34. The molecule has 0 aromatic carbocycles. The molecule has 0 unspecified atom stereocenters. The highest BCUT2D eigenvalue weighted by Gasteiger charge is 2.34. The van der Waals surface area contributed by atoms with Gasteiger partial charge in [0.05, 0.1) is 13.6 Å². The van der Waals surface area contributed by atoms with Crippen molar-refractivity contribution >= 4 is 11.9 Å². The minimum Gasteiger partial charge on any atom is -0.475 e. The molecule has 0 bridgehead atoms. The van der Waals surface area contributed by atoms with Gasteiger partial charge in [0.1, 0.15) is 0 Å². The smallest absolute Gasteiger partial charge is 0.380 e. The molecule has 0 amide bonds. The second-order valence-corrected chi connectivity index (χ2v) is 3.57. The van der Waals surface area contributed by atoms with Crippen LogP contribution in [-0.2, 0) is 13.6 Å². The summed E-state index contributed by atoms with van der Waals surface area (Å²) in [4.78, 5) is 22.1. The standard InChI is InChI=1S/C10H14N2O4/c1-4-5-12-6(2)11(3)7(9(13)14)8(12)10(15)16/h4-5H2,1-3H3,(H-,13,14,15,16)/p+1. The first-order chi connectivity index (χ1) is 7.41. The van der Waals surface area contributed by atoms with E-state index in [1.54, 1.807) is 14.0 Å². The number of hydrogen-bond acceptors (Lipinski definition) is 2. The minimum absolute atomic E-state index is 0.158. The molecular formula is C10H15N2O4+. The van der Waals surface area contributed by atoms with Gasteiger partial charge in [0, 0.05) is 6.92 Å². The Morgan fingerprint density at radius 3 is 2.25 bits per heavy atom. The van der Waals surface area contributed by atoms with Crippen LogP contribution < -0.4 is 4.57 Å². The van der Waals surface area contributed by atoms with Crippen molar-refractivity contribution in [2.24, 2.45) is 7.05 Å². The lowest BCUT2D eigenvalue weighted by molar-refractivity contribution is -0.679. The van der Waals surface area contributed by atoms with Crippen molar-refractivity contribution in [1.29, 1.82) is 0 Å². The highest BCUT2D eigenvalue weighted by atomic mass is 16.4. The molecule has 0 aliphatic heterocycles. The number of hydrogen-bond donors (Lipinski definition) is 2. The SMILES string of the molecule is CCCn1c(C(=O)O)c(C(=O)O)[n+](C)c1C. The molecule has 0 radical (unpaired) electrons. The van der Waals surface area contributed by atoms with Gasteiger partial charge < -0.3 is 10.2 Å². The number of rotatable bonds is 4. The molecule has 1 heterocycles. The molecule has 1 rings (SSSR count). The average molecular weight is 227 g/mol. The molecule has 88 valence electrons. The fourth-order valence-corrected chi connectivity index (χ4v) is 1.75. The van der Waals surface area contributed by atoms with Crippen molar-refractivity contribution in [2.75, 3.05) is 0 Å². The average Bonchev–Trinajstić information content (AvgIpc) is 2.43. The fourth-order valence-electron chi connectivity index (χ4n) is 1.75. The number of carbonyl (C=O) groups is 2. The number of carboxylic acids is 2. The zero-order chi connectivity index (χ0) is 12.5. The molecule has 16 heavy (non-hydrogen) atoms. The molecule has 2 N–H and O–H groups in total. The summed E-state index contributed by atoms with van der Waals surface area (Å²) in [6.07, 6.45) is 0.745. The van der Waals surface area contributed by atoms with Gasteiger partial charge in [-0.2, -0.15) is 0 Å². The predicted molar refractivity (Wildman–Crippen MR) is 54.6 cm³/mol. The van der Waals surface area contributed by atoms with Gasteiger partial charge in [-0.05, 0) is 6.42 Å². The van der Waals surface area contributed by atoms with Crippen LogP contribution in [0.3, 0.4) is 0 Å². The van der Waals surface area contributed by atoms with Crippen LogP contribution in [0, 0.1) is 6.92 Å². The molecule has 0 aliphatic rings. The van der Waals surface area contributed by atoms with Crippen molar-refractivity contribution in [1.82, 2.24) is 4.57 Å². The van der Waals surface area contributed by atoms with Crippen LogP contribution in [0.2, 0.25) is 0 Å². The van der Waals surface area contributed by atoms with E-state index in [-0.39, 0.29) is 11.4 Å². The maximum Gasteiger partial charge on any atom is 0.380 e. The summed E-state index contributed by atoms with van der Waals surface area (Å²) in [7, 11) is 1.55. The van der Waals surface area contributed by atoms with Gasteiger partial charge in [-0.1, -0.05) is 6.92 Å². The van der Waals surface area contributed by atoms with E-state index in [0.29, 0.717) is 12.4 Å². The zero-order valence-electron chi connectivity index (χ0n) is 9.52. The highest BCUT2D eigenvalue weighted by molar-refractivity contribution is 5.98. The number of carboxylic acid groups (broad SMARTS) is 2. The Balaban J connectivity index is 3.55. The molecule has 0 fully saturated rings. The first-order valence-electron chi connectivity index (χ1n) is 4.97. The van der Waals surface area contributed by atoms with Crippen molar-refractivity contribution in [3.8, 4) is 0 Å². The Morgan fingerprint density at radius 2 is 1.88 bits per heavy atom. The maximum absolute atomic E-state index is 11.1. The summed E-state index contributed by atoms with van der Waals surface area (Å²) >= 11 is 0. The lowest BCUT2D eigenvalue weighted by atomic mass is 10.3. The van der Waals surface area contributed by atoms with E-state index in [9.17, 15) is 9.59 Å². The summed E-state index contributed by atoms with van der Waals surface area (Å²) in [6, 6.07) is 0. The summed E-state index contributed by atoms with van der Waals surface area (Å²) in [6.45, 7) is 4.11. The maximum atomic E-state index is 11.1. The molecule has 0 atom stereocenters. The van der Waals surface area contributed by atoms with Crippen LogP contribution in [0.5, 0.6) is 0 Å². The summed E-state index contributed by atoms with van der Waals surface area (Å²) in [5.41, 5.74) is -0.340. The zero-order valence-corrected chi connectivity index (χ0v) is 9.52. The first kappa shape index (κ1) is 12.2. The summed E-state index contributed by atoms with van der Waals surface area (Å²) in [5, 5.41) is 18.1.